The highest BCUT2D eigenvalue weighted by atomic mass is 79.9. The number of thiazole rings is 1. The normalized spacial score (nSPS) is 10.8. The Morgan fingerprint density at radius 2 is 2.16 bits per heavy atom. The largest absolute Gasteiger partial charge is 0.345 e. The van der Waals surface area contributed by atoms with Gasteiger partial charge in [0.25, 0.3) is 5.91 Å². The quantitative estimate of drug-likeness (QED) is 0.772. The van der Waals surface area contributed by atoms with Crippen LogP contribution in [0, 0.1) is 0 Å². The first-order chi connectivity index (χ1) is 9.24. The molecule has 0 aliphatic rings. The molecule has 2 aromatic heterocycles. The van der Waals surface area contributed by atoms with Crippen molar-refractivity contribution < 1.29 is 4.79 Å². The molecule has 1 amide bonds. The van der Waals surface area contributed by atoms with E-state index in [1.54, 1.807) is 11.3 Å². The average Bonchev–Trinajstić information content (AvgIpc) is 3.01. The number of halogens is 1. The fourth-order valence-electron chi connectivity index (χ4n) is 1.69. The molecule has 1 N–H and O–H groups in total. The summed E-state index contributed by atoms with van der Waals surface area (Å²) < 4.78 is 1.98. The average molecular weight is 353 g/mol. The number of nitrogens with zero attached hydrogens (tertiary/aromatic N) is 1. The lowest BCUT2D eigenvalue weighted by Crippen LogP contribution is -2.21. The number of carbonyl (C=O) groups excluding carboxylic acids is 1. The second-order valence-electron chi connectivity index (χ2n) is 3.86. The standard InChI is InChI=1S/C13H9BrN2OS2/c14-8-5-6-18-12(8)13(17)15-7-11-16-9-3-1-2-4-10(9)19-11/h1-6H,7H2,(H,15,17). The number of nitrogens with one attached hydrogen (secondary N) is 1. The Labute approximate surface area is 126 Å². The second-order valence-corrected chi connectivity index (χ2v) is 6.74. The van der Waals surface area contributed by atoms with E-state index in [2.05, 4.69) is 26.2 Å². The van der Waals surface area contributed by atoms with Crippen LogP contribution in [-0.4, -0.2) is 10.9 Å². The van der Waals surface area contributed by atoms with Crippen LogP contribution >= 0.6 is 38.6 Å². The third-order valence-corrected chi connectivity index (χ3v) is 5.43. The Morgan fingerprint density at radius 1 is 1.32 bits per heavy atom. The maximum Gasteiger partial charge on any atom is 0.262 e. The van der Waals surface area contributed by atoms with Crippen molar-refractivity contribution in [1.82, 2.24) is 10.3 Å². The van der Waals surface area contributed by atoms with Crippen molar-refractivity contribution in [2.24, 2.45) is 0 Å². The van der Waals surface area contributed by atoms with Crippen LogP contribution in [0.1, 0.15) is 14.7 Å². The second kappa shape index (κ2) is 5.40. The van der Waals surface area contributed by atoms with Gasteiger partial charge in [-0.05, 0) is 39.5 Å². The first-order valence-corrected chi connectivity index (χ1v) is 8.08. The van der Waals surface area contributed by atoms with Gasteiger partial charge in [-0.3, -0.25) is 4.79 Å². The number of amides is 1. The van der Waals surface area contributed by atoms with Gasteiger partial charge in [-0.25, -0.2) is 4.98 Å². The molecule has 96 valence electrons. The van der Waals surface area contributed by atoms with Gasteiger partial charge in [0.05, 0.1) is 16.8 Å². The highest BCUT2D eigenvalue weighted by Gasteiger charge is 2.12. The summed E-state index contributed by atoms with van der Waals surface area (Å²) >= 11 is 6.39. The summed E-state index contributed by atoms with van der Waals surface area (Å²) in [5.74, 6) is -0.0684. The van der Waals surface area contributed by atoms with Gasteiger partial charge in [-0.2, -0.15) is 0 Å². The molecule has 0 saturated carbocycles. The molecule has 0 atom stereocenters. The molecule has 0 unspecified atom stereocenters. The summed E-state index contributed by atoms with van der Waals surface area (Å²) in [6, 6.07) is 9.84. The predicted octanol–water partition coefficient (Wildman–Crippen LogP) is 4.05. The summed E-state index contributed by atoms with van der Waals surface area (Å²) in [4.78, 5) is 17.1. The monoisotopic (exact) mass is 352 g/mol. The third kappa shape index (κ3) is 2.70. The van der Waals surface area contributed by atoms with Crippen LogP contribution in [0.5, 0.6) is 0 Å². The summed E-state index contributed by atoms with van der Waals surface area (Å²) in [6.45, 7) is 0.461. The molecule has 2 heterocycles. The van der Waals surface area contributed by atoms with E-state index in [1.165, 1.54) is 11.3 Å². The maximum atomic E-state index is 12.0. The number of hydrogen-bond donors (Lipinski definition) is 1. The zero-order valence-electron chi connectivity index (χ0n) is 9.72. The van der Waals surface area contributed by atoms with Crippen molar-refractivity contribution in [3.8, 4) is 0 Å². The number of thiophene rings is 1. The van der Waals surface area contributed by atoms with E-state index in [9.17, 15) is 4.79 Å². The lowest BCUT2D eigenvalue weighted by atomic mass is 10.3. The van der Waals surface area contributed by atoms with Gasteiger partial charge < -0.3 is 5.32 Å². The van der Waals surface area contributed by atoms with Gasteiger partial charge in [-0.1, -0.05) is 12.1 Å². The number of rotatable bonds is 3. The summed E-state index contributed by atoms with van der Waals surface area (Å²) in [7, 11) is 0. The molecule has 0 radical (unpaired) electrons. The molecule has 0 spiro atoms. The molecule has 0 aliphatic heterocycles. The topological polar surface area (TPSA) is 42.0 Å². The highest BCUT2D eigenvalue weighted by molar-refractivity contribution is 9.10. The Bertz CT molecular complexity index is 702. The molecule has 3 nitrogen and oxygen atoms in total. The van der Waals surface area contributed by atoms with Gasteiger partial charge in [0.2, 0.25) is 0 Å². The fraction of sp³-hybridized carbons (Fsp3) is 0.0769. The van der Waals surface area contributed by atoms with Crippen molar-refractivity contribution in [1.29, 1.82) is 0 Å². The molecule has 6 heteroatoms. The molecular formula is C13H9BrN2OS2. The lowest BCUT2D eigenvalue weighted by Gasteiger charge is -2.00. The van der Waals surface area contributed by atoms with E-state index in [0.29, 0.717) is 11.4 Å². The number of hydrogen-bond acceptors (Lipinski definition) is 4. The minimum atomic E-state index is -0.0684. The zero-order chi connectivity index (χ0) is 13.2. The van der Waals surface area contributed by atoms with Crippen molar-refractivity contribution in [3.63, 3.8) is 0 Å². The SMILES string of the molecule is O=C(NCc1nc2ccccc2s1)c1sccc1Br. The van der Waals surface area contributed by atoms with Gasteiger partial charge in [0, 0.05) is 4.47 Å². The number of benzene rings is 1. The molecule has 3 rings (SSSR count). The van der Waals surface area contributed by atoms with Gasteiger partial charge in [0.15, 0.2) is 0 Å². The molecule has 1 aromatic carbocycles. The Kier molecular flexibility index (Phi) is 3.63. The van der Waals surface area contributed by atoms with Crippen LogP contribution in [0.2, 0.25) is 0 Å². The van der Waals surface area contributed by atoms with Gasteiger partial charge >= 0.3 is 0 Å². The number of carbonyl (C=O) groups is 1. The van der Waals surface area contributed by atoms with Crippen LogP contribution in [-0.2, 0) is 6.54 Å². The van der Waals surface area contributed by atoms with E-state index in [1.807, 2.05) is 35.7 Å². The molecule has 19 heavy (non-hydrogen) atoms. The molecule has 0 fully saturated rings. The molecule has 3 aromatic rings. The van der Waals surface area contributed by atoms with Crippen LogP contribution in [0.25, 0.3) is 10.2 Å². The lowest BCUT2D eigenvalue weighted by molar-refractivity contribution is 0.0954. The Morgan fingerprint density at radius 3 is 2.89 bits per heavy atom. The van der Waals surface area contributed by atoms with Crippen LogP contribution in [0.15, 0.2) is 40.2 Å². The third-order valence-electron chi connectivity index (χ3n) is 2.56. The van der Waals surface area contributed by atoms with E-state index >= 15 is 0 Å². The van der Waals surface area contributed by atoms with Crippen LogP contribution < -0.4 is 5.32 Å². The number of aromatic nitrogens is 1. The summed E-state index contributed by atoms with van der Waals surface area (Å²) in [6.07, 6.45) is 0. The van der Waals surface area contributed by atoms with Crippen molar-refractivity contribution >= 4 is 54.7 Å². The van der Waals surface area contributed by atoms with E-state index in [4.69, 9.17) is 0 Å². The van der Waals surface area contributed by atoms with Gasteiger partial charge in [-0.15, -0.1) is 22.7 Å². The van der Waals surface area contributed by atoms with Crippen molar-refractivity contribution in [2.75, 3.05) is 0 Å². The van der Waals surface area contributed by atoms with Gasteiger partial charge in [0.1, 0.15) is 9.88 Å². The summed E-state index contributed by atoms with van der Waals surface area (Å²) in [5.41, 5.74) is 0.981. The predicted molar refractivity (Wildman–Crippen MR) is 82.8 cm³/mol. The first-order valence-electron chi connectivity index (χ1n) is 5.59. The van der Waals surface area contributed by atoms with E-state index < -0.39 is 0 Å². The molecule has 0 bridgehead atoms. The fourth-order valence-corrected chi connectivity index (χ4v) is 4.06. The molecule has 0 aliphatic carbocycles. The van der Waals surface area contributed by atoms with Crippen molar-refractivity contribution in [3.05, 3.63) is 50.1 Å². The zero-order valence-corrected chi connectivity index (χ0v) is 12.9. The van der Waals surface area contributed by atoms with Crippen LogP contribution in [0.4, 0.5) is 0 Å². The highest BCUT2D eigenvalue weighted by Crippen LogP contribution is 2.23. The van der Waals surface area contributed by atoms with Crippen molar-refractivity contribution in [2.45, 2.75) is 6.54 Å². The molecular weight excluding hydrogens is 344 g/mol. The number of fused-ring (bicyclic) bond motifs is 1. The minimum Gasteiger partial charge on any atom is -0.345 e. The minimum absolute atomic E-state index is 0.0684. The van der Waals surface area contributed by atoms with Crippen LogP contribution in [0.3, 0.4) is 0 Å². The molecule has 0 saturated heterocycles. The smallest absolute Gasteiger partial charge is 0.262 e. The van der Waals surface area contributed by atoms with E-state index in [0.717, 1.165) is 19.7 Å². The Balaban J connectivity index is 1.72. The Hall–Kier alpha value is -1.24. The summed E-state index contributed by atoms with van der Waals surface area (Å²) in [5, 5.41) is 5.70. The first kappa shape index (κ1) is 12.8. The van der Waals surface area contributed by atoms with E-state index in [-0.39, 0.29) is 5.91 Å². The maximum absolute atomic E-state index is 12.0. The number of para-hydroxylation sites is 1.